The molecule has 0 saturated carbocycles. The van der Waals surface area contributed by atoms with Crippen LogP contribution >= 0.6 is 0 Å². The van der Waals surface area contributed by atoms with E-state index < -0.39 is 6.10 Å². The Labute approximate surface area is 101 Å². The first-order chi connectivity index (χ1) is 8.36. The number of fused-ring (bicyclic) bond motifs is 1. The molecule has 3 nitrogen and oxygen atoms in total. The molecule has 0 bridgehead atoms. The van der Waals surface area contributed by atoms with Crippen molar-refractivity contribution in [2.24, 2.45) is 11.8 Å². The van der Waals surface area contributed by atoms with Crippen molar-refractivity contribution in [2.75, 3.05) is 13.2 Å². The van der Waals surface area contributed by atoms with Crippen LogP contribution in [0.15, 0.2) is 30.3 Å². The number of rotatable bonds is 2. The van der Waals surface area contributed by atoms with E-state index in [0.717, 1.165) is 25.0 Å². The molecule has 0 spiro atoms. The lowest BCUT2D eigenvalue weighted by Crippen LogP contribution is -2.31. The number of aliphatic hydroxyl groups is 1. The predicted octanol–water partition coefficient (Wildman–Crippen LogP) is 2.12. The molecule has 0 radical (unpaired) electrons. The van der Waals surface area contributed by atoms with Gasteiger partial charge in [-0.25, -0.2) is 0 Å². The van der Waals surface area contributed by atoms with E-state index in [-0.39, 0.29) is 12.2 Å². The van der Waals surface area contributed by atoms with Gasteiger partial charge in [0.1, 0.15) is 0 Å². The van der Waals surface area contributed by atoms with Crippen LogP contribution in [0.4, 0.5) is 0 Å². The van der Waals surface area contributed by atoms with Crippen LogP contribution in [0.2, 0.25) is 0 Å². The largest absolute Gasteiger partial charge is 0.388 e. The molecule has 0 aliphatic carbocycles. The number of aliphatic hydroxyl groups excluding tert-OH is 1. The van der Waals surface area contributed by atoms with Crippen molar-refractivity contribution in [3.8, 4) is 0 Å². The normalized spacial score (nSPS) is 34.3. The number of hydrogen-bond donors (Lipinski definition) is 1. The highest BCUT2D eigenvalue weighted by atomic mass is 16.7. The van der Waals surface area contributed by atoms with Gasteiger partial charge >= 0.3 is 0 Å². The molecule has 2 heterocycles. The van der Waals surface area contributed by atoms with E-state index in [0.29, 0.717) is 12.5 Å². The van der Waals surface area contributed by atoms with Crippen LogP contribution in [0.3, 0.4) is 0 Å². The first kappa shape index (κ1) is 11.2. The Kier molecular flexibility index (Phi) is 3.14. The summed E-state index contributed by atoms with van der Waals surface area (Å²) in [6.45, 7) is 1.39. The summed E-state index contributed by atoms with van der Waals surface area (Å²) >= 11 is 0. The van der Waals surface area contributed by atoms with Gasteiger partial charge in [-0.3, -0.25) is 0 Å². The minimum atomic E-state index is -0.437. The van der Waals surface area contributed by atoms with Crippen LogP contribution in [0.1, 0.15) is 24.5 Å². The highest BCUT2D eigenvalue weighted by molar-refractivity contribution is 5.18. The number of benzene rings is 1. The maximum atomic E-state index is 10.4. The third-order valence-electron chi connectivity index (χ3n) is 3.86. The molecule has 92 valence electrons. The van der Waals surface area contributed by atoms with E-state index in [1.807, 2.05) is 30.3 Å². The molecule has 0 aromatic heterocycles. The Morgan fingerprint density at radius 2 is 2.00 bits per heavy atom. The number of ether oxygens (including phenoxy) is 2. The zero-order chi connectivity index (χ0) is 11.7. The monoisotopic (exact) mass is 234 g/mol. The van der Waals surface area contributed by atoms with E-state index in [2.05, 4.69) is 0 Å². The molecule has 1 aromatic rings. The predicted molar refractivity (Wildman–Crippen MR) is 63.3 cm³/mol. The van der Waals surface area contributed by atoms with Gasteiger partial charge in [-0.1, -0.05) is 30.3 Å². The highest BCUT2D eigenvalue weighted by Crippen LogP contribution is 2.41. The third-order valence-corrected chi connectivity index (χ3v) is 3.86. The van der Waals surface area contributed by atoms with E-state index in [9.17, 15) is 5.11 Å². The van der Waals surface area contributed by atoms with Gasteiger partial charge in [-0.05, 0) is 18.4 Å². The van der Waals surface area contributed by atoms with Crippen LogP contribution in [-0.4, -0.2) is 24.6 Å². The van der Waals surface area contributed by atoms with E-state index in [1.165, 1.54) is 0 Å². The minimum absolute atomic E-state index is 0.0906. The Morgan fingerprint density at radius 3 is 2.82 bits per heavy atom. The average molecular weight is 234 g/mol. The van der Waals surface area contributed by atoms with Crippen LogP contribution in [-0.2, 0) is 9.47 Å². The molecule has 3 heteroatoms. The fraction of sp³-hybridized carbons (Fsp3) is 0.571. The topological polar surface area (TPSA) is 38.7 Å². The molecule has 2 aliphatic rings. The van der Waals surface area contributed by atoms with Gasteiger partial charge in [0.2, 0.25) is 0 Å². The Morgan fingerprint density at radius 1 is 1.18 bits per heavy atom. The lowest BCUT2D eigenvalue weighted by Gasteiger charge is -2.29. The van der Waals surface area contributed by atoms with Gasteiger partial charge in [0.15, 0.2) is 6.29 Å². The van der Waals surface area contributed by atoms with E-state index in [1.54, 1.807) is 0 Å². The molecule has 0 amide bonds. The Hall–Kier alpha value is -0.900. The molecule has 2 saturated heterocycles. The second-order valence-electron chi connectivity index (χ2n) is 4.90. The van der Waals surface area contributed by atoms with Crippen molar-refractivity contribution in [2.45, 2.75) is 25.2 Å². The van der Waals surface area contributed by atoms with Gasteiger partial charge in [0.05, 0.1) is 12.7 Å². The summed E-state index contributed by atoms with van der Waals surface area (Å²) in [7, 11) is 0. The molecular weight excluding hydrogens is 216 g/mol. The smallest absolute Gasteiger partial charge is 0.160 e. The standard InChI is InChI=1S/C14H18O3/c15-13(10-5-2-1-3-6-10)12-9-17-14-11(12)7-4-8-16-14/h1-3,5-6,11-15H,4,7-9H2/t11-,12?,13?,14+/m1/s1. The lowest BCUT2D eigenvalue weighted by atomic mass is 9.83. The zero-order valence-corrected chi connectivity index (χ0v) is 9.79. The first-order valence-corrected chi connectivity index (χ1v) is 6.32. The van der Waals surface area contributed by atoms with Crippen molar-refractivity contribution in [3.63, 3.8) is 0 Å². The molecule has 1 aromatic carbocycles. The summed E-state index contributed by atoms with van der Waals surface area (Å²) in [5.74, 6) is 0.515. The van der Waals surface area contributed by atoms with E-state index in [4.69, 9.17) is 9.47 Å². The van der Waals surface area contributed by atoms with Crippen LogP contribution in [0.25, 0.3) is 0 Å². The van der Waals surface area contributed by atoms with Gasteiger partial charge in [0, 0.05) is 18.4 Å². The van der Waals surface area contributed by atoms with Gasteiger partial charge in [0.25, 0.3) is 0 Å². The zero-order valence-electron chi connectivity index (χ0n) is 9.79. The summed E-state index contributed by atoms with van der Waals surface area (Å²) in [6, 6.07) is 9.84. The molecule has 17 heavy (non-hydrogen) atoms. The molecule has 3 rings (SSSR count). The van der Waals surface area contributed by atoms with Gasteiger partial charge in [-0.15, -0.1) is 0 Å². The SMILES string of the molecule is OC(c1ccccc1)C1CO[C@@H]2OCCC[C@H]12. The Balaban J connectivity index is 1.76. The number of hydrogen-bond acceptors (Lipinski definition) is 3. The first-order valence-electron chi connectivity index (χ1n) is 6.32. The lowest BCUT2D eigenvalue weighted by molar-refractivity contribution is -0.152. The van der Waals surface area contributed by atoms with Crippen LogP contribution in [0, 0.1) is 11.8 Å². The van der Waals surface area contributed by atoms with Crippen molar-refractivity contribution in [1.82, 2.24) is 0 Å². The Bertz CT molecular complexity index is 365. The second-order valence-corrected chi connectivity index (χ2v) is 4.90. The van der Waals surface area contributed by atoms with Gasteiger partial charge in [-0.2, -0.15) is 0 Å². The molecule has 1 N–H and O–H groups in total. The van der Waals surface area contributed by atoms with Gasteiger partial charge < -0.3 is 14.6 Å². The summed E-state index contributed by atoms with van der Waals surface area (Å²) in [5.41, 5.74) is 0.979. The van der Waals surface area contributed by atoms with Crippen LogP contribution < -0.4 is 0 Å². The fourth-order valence-electron chi connectivity index (χ4n) is 2.92. The maximum absolute atomic E-state index is 10.4. The molecule has 2 unspecified atom stereocenters. The maximum Gasteiger partial charge on any atom is 0.160 e. The highest BCUT2D eigenvalue weighted by Gasteiger charge is 2.43. The molecular formula is C14H18O3. The van der Waals surface area contributed by atoms with Crippen molar-refractivity contribution < 1.29 is 14.6 Å². The molecule has 2 aliphatic heterocycles. The minimum Gasteiger partial charge on any atom is -0.388 e. The average Bonchev–Trinajstić information content (AvgIpc) is 2.83. The fourth-order valence-corrected chi connectivity index (χ4v) is 2.92. The summed E-state index contributed by atoms with van der Waals surface area (Å²) in [5, 5.41) is 10.4. The summed E-state index contributed by atoms with van der Waals surface area (Å²) < 4.78 is 11.2. The van der Waals surface area contributed by atoms with Crippen molar-refractivity contribution in [1.29, 1.82) is 0 Å². The summed E-state index contributed by atoms with van der Waals surface area (Å²) in [6.07, 6.45) is 1.64. The summed E-state index contributed by atoms with van der Waals surface area (Å²) in [4.78, 5) is 0. The van der Waals surface area contributed by atoms with Crippen molar-refractivity contribution >= 4 is 0 Å². The van der Waals surface area contributed by atoms with Crippen molar-refractivity contribution in [3.05, 3.63) is 35.9 Å². The molecule has 4 atom stereocenters. The van der Waals surface area contributed by atoms with Crippen LogP contribution in [0.5, 0.6) is 0 Å². The second kappa shape index (κ2) is 4.77. The van der Waals surface area contributed by atoms with E-state index >= 15 is 0 Å². The third kappa shape index (κ3) is 2.10. The molecule has 2 fully saturated rings. The quantitative estimate of drug-likeness (QED) is 0.852.